The molecule has 0 aliphatic heterocycles. The number of primary amides is 1. The van der Waals surface area contributed by atoms with E-state index in [1.165, 1.54) is 6.20 Å². The second-order valence-electron chi connectivity index (χ2n) is 5.63. The van der Waals surface area contributed by atoms with Crippen LogP contribution in [0.5, 0.6) is 0 Å². The van der Waals surface area contributed by atoms with Gasteiger partial charge >= 0.3 is 0 Å². The van der Waals surface area contributed by atoms with Gasteiger partial charge in [0.15, 0.2) is 0 Å². The van der Waals surface area contributed by atoms with Crippen molar-refractivity contribution in [3.63, 3.8) is 0 Å². The van der Waals surface area contributed by atoms with E-state index in [0.29, 0.717) is 5.56 Å². The van der Waals surface area contributed by atoms with Crippen LogP contribution in [-0.2, 0) is 0 Å². The summed E-state index contributed by atoms with van der Waals surface area (Å²) >= 11 is 0. The van der Waals surface area contributed by atoms with Crippen LogP contribution >= 0.6 is 0 Å². The second kappa shape index (κ2) is 5.73. The molecule has 2 aromatic heterocycles. The van der Waals surface area contributed by atoms with Crippen molar-refractivity contribution in [2.24, 2.45) is 11.7 Å². The molecule has 6 heteroatoms. The number of aromatic amines is 1. The average Bonchev–Trinajstić information content (AvgIpc) is 2.96. The first-order valence-electron chi connectivity index (χ1n) is 7.34. The quantitative estimate of drug-likeness (QED) is 0.686. The van der Waals surface area contributed by atoms with Crippen molar-refractivity contribution in [3.8, 4) is 0 Å². The number of carbonyl (C=O) groups is 1. The lowest BCUT2D eigenvalue weighted by Gasteiger charge is -2.32. The minimum Gasteiger partial charge on any atom is -0.396 e. The van der Waals surface area contributed by atoms with Crippen molar-refractivity contribution in [1.82, 2.24) is 9.97 Å². The van der Waals surface area contributed by atoms with Crippen molar-refractivity contribution in [2.75, 3.05) is 11.9 Å². The number of nitrogens with one attached hydrogen (secondary N) is 2. The highest BCUT2D eigenvalue weighted by Gasteiger charge is 2.26. The summed E-state index contributed by atoms with van der Waals surface area (Å²) in [6, 6.07) is 2.04. The summed E-state index contributed by atoms with van der Waals surface area (Å²) in [5, 5.41) is 13.8. The molecule has 6 nitrogen and oxygen atoms in total. The molecule has 1 aliphatic rings. The number of fused-ring (bicyclic) bond motifs is 1. The van der Waals surface area contributed by atoms with Gasteiger partial charge in [0.1, 0.15) is 5.65 Å². The van der Waals surface area contributed by atoms with Crippen molar-refractivity contribution in [1.29, 1.82) is 0 Å². The van der Waals surface area contributed by atoms with Gasteiger partial charge in [-0.05, 0) is 18.9 Å². The van der Waals surface area contributed by atoms with Gasteiger partial charge < -0.3 is 21.1 Å². The summed E-state index contributed by atoms with van der Waals surface area (Å²) < 4.78 is 0. The highest BCUT2D eigenvalue weighted by atomic mass is 16.3. The Morgan fingerprint density at radius 3 is 3.05 bits per heavy atom. The number of anilines is 1. The molecule has 1 aliphatic carbocycles. The number of carbonyl (C=O) groups excluding carboxylic acids is 1. The van der Waals surface area contributed by atoms with Gasteiger partial charge in [-0.2, -0.15) is 0 Å². The predicted octanol–water partition coefficient (Wildman–Crippen LogP) is 1.62. The Hall–Kier alpha value is -2.08. The van der Waals surface area contributed by atoms with Gasteiger partial charge in [0.05, 0.1) is 11.3 Å². The van der Waals surface area contributed by atoms with E-state index in [1.807, 2.05) is 6.07 Å². The van der Waals surface area contributed by atoms with Gasteiger partial charge in [0.2, 0.25) is 0 Å². The molecule has 0 aromatic carbocycles. The summed E-state index contributed by atoms with van der Waals surface area (Å²) in [5.41, 5.74) is 7.30. The number of rotatable bonds is 4. The van der Waals surface area contributed by atoms with Crippen LogP contribution in [0.1, 0.15) is 36.0 Å². The van der Waals surface area contributed by atoms with E-state index in [0.717, 1.165) is 42.4 Å². The van der Waals surface area contributed by atoms with E-state index in [9.17, 15) is 9.90 Å². The molecule has 5 N–H and O–H groups in total. The number of aliphatic hydroxyl groups excluding tert-OH is 1. The van der Waals surface area contributed by atoms with Crippen LogP contribution in [0.25, 0.3) is 11.0 Å². The topological polar surface area (TPSA) is 104 Å². The molecule has 2 aromatic rings. The largest absolute Gasteiger partial charge is 0.396 e. The van der Waals surface area contributed by atoms with Gasteiger partial charge in [0.25, 0.3) is 5.91 Å². The Kier molecular flexibility index (Phi) is 3.79. The van der Waals surface area contributed by atoms with Crippen LogP contribution < -0.4 is 11.1 Å². The van der Waals surface area contributed by atoms with Crippen molar-refractivity contribution < 1.29 is 9.90 Å². The maximum absolute atomic E-state index is 11.7. The molecule has 0 spiro atoms. The third kappa shape index (κ3) is 2.58. The molecule has 0 bridgehead atoms. The number of amides is 1. The number of hydrogen-bond acceptors (Lipinski definition) is 4. The third-order valence-corrected chi connectivity index (χ3v) is 4.33. The monoisotopic (exact) mass is 288 g/mol. The average molecular weight is 288 g/mol. The van der Waals surface area contributed by atoms with Crippen LogP contribution in [0.15, 0.2) is 18.5 Å². The molecule has 112 valence electrons. The van der Waals surface area contributed by atoms with Crippen LogP contribution in [-0.4, -0.2) is 33.6 Å². The van der Waals surface area contributed by atoms with Crippen LogP contribution in [0.3, 0.4) is 0 Å². The van der Waals surface area contributed by atoms with Crippen molar-refractivity contribution >= 4 is 22.6 Å². The van der Waals surface area contributed by atoms with Gasteiger partial charge in [-0.25, -0.2) is 4.98 Å². The number of H-pyrrole nitrogens is 1. The molecule has 1 saturated carbocycles. The molecule has 2 atom stereocenters. The number of pyridine rings is 1. The molecule has 0 saturated heterocycles. The number of hydrogen-bond donors (Lipinski definition) is 4. The lowest BCUT2D eigenvalue weighted by atomic mass is 9.84. The van der Waals surface area contributed by atoms with E-state index in [1.54, 1.807) is 6.20 Å². The first kappa shape index (κ1) is 13.9. The normalized spacial score (nSPS) is 22.3. The first-order valence-corrected chi connectivity index (χ1v) is 7.34. The fraction of sp³-hybridized carbons (Fsp3) is 0.467. The van der Waals surface area contributed by atoms with E-state index in [-0.39, 0.29) is 18.6 Å². The van der Waals surface area contributed by atoms with Gasteiger partial charge in [-0.1, -0.05) is 12.8 Å². The lowest BCUT2D eigenvalue weighted by Crippen LogP contribution is -2.35. The summed E-state index contributed by atoms with van der Waals surface area (Å²) in [6.07, 6.45) is 7.54. The van der Waals surface area contributed by atoms with Crippen LogP contribution in [0.2, 0.25) is 0 Å². The Morgan fingerprint density at radius 1 is 1.48 bits per heavy atom. The molecule has 21 heavy (non-hydrogen) atoms. The molecular formula is C15H20N4O2. The Morgan fingerprint density at radius 2 is 2.29 bits per heavy atom. The van der Waals surface area contributed by atoms with E-state index in [4.69, 9.17) is 5.73 Å². The lowest BCUT2D eigenvalue weighted by molar-refractivity contribution is 0.100. The summed E-state index contributed by atoms with van der Waals surface area (Å²) in [6.45, 7) is 0.158. The van der Waals surface area contributed by atoms with Gasteiger partial charge in [0, 0.05) is 36.3 Å². The fourth-order valence-corrected chi connectivity index (χ4v) is 3.15. The zero-order valence-electron chi connectivity index (χ0n) is 11.8. The van der Waals surface area contributed by atoms with E-state index in [2.05, 4.69) is 15.3 Å². The molecule has 2 heterocycles. The van der Waals surface area contributed by atoms with E-state index >= 15 is 0 Å². The Balaban J connectivity index is 1.99. The van der Waals surface area contributed by atoms with Gasteiger partial charge in [-0.15, -0.1) is 0 Å². The molecule has 3 rings (SSSR count). The number of nitrogens with zero attached hydrogens (tertiary/aromatic N) is 1. The third-order valence-electron chi connectivity index (χ3n) is 4.33. The highest BCUT2D eigenvalue weighted by molar-refractivity contribution is 6.05. The maximum Gasteiger partial charge on any atom is 0.252 e. The van der Waals surface area contributed by atoms with Crippen LogP contribution in [0, 0.1) is 5.92 Å². The molecule has 0 unspecified atom stereocenters. The first-order chi connectivity index (χ1) is 10.2. The number of nitrogens with two attached hydrogens (primary N) is 1. The SMILES string of the molecule is NC(=O)c1cnc2[nH]ccc2c1N[C@@H]1CCCC[C@@H]1CO. The fourth-order valence-electron chi connectivity index (χ4n) is 3.15. The van der Waals surface area contributed by atoms with E-state index < -0.39 is 5.91 Å². The molecule has 1 amide bonds. The van der Waals surface area contributed by atoms with Crippen LogP contribution in [0.4, 0.5) is 5.69 Å². The molecule has 1 fully saturated rings. The summed E-state index contributed by atoms with van der Waals surface area (Å²) in [7, 11) is 0. The predicted molar refractivity (Wildman–Crippen MR) is 81.1 cm³/mol. The summed E-state index contributed by atoms with van der Waals surface area (Å²) in [4.78, 5) is 18.9. The Labute approximate surface area is 122 Å². The maximum atomic E-state index is 11.7. The minimum atomic E-state index is -0.496. The molecule has 0 radical (unpaired) electrons. The number of aliphatic hydroxyl groups is 1. The zero-order valence-corrected chi connectivity index (χ0v) is 11.8. The standard InChI is InChI=1S/C15H20N4O2/c16-14(21)11-7-18-15-10(5-6-17-15)13(11)19-12-4-2-1-3-9(12)8-20/h5-7,9,12,20H,1-4,8H2,(H2,16,21)(H2,17,18,19)/t9-,12-/m1/s1. The van der Waals surface area contributed by atoms with Crippen molar-refractivity contribution in [2.45, 2.75) is 31.7 Å². The smallest absolute Gasteiger partial charge is 0.252 e. The zero-order chi connectivity index (χ0) is 14.8. The summed E-state index contributed by atoms with van der Waals surface area (Å²) in [5.74, 6) is -0.286. The number of aromatic nitrogens is 2. The van der Waals surface area contributed by atoms with Crippen molar-refractivity contribution in [3.05, 3.63) is 24.0 Å². The Bertz CT molecular complexity index is 652. The molecular weight excluding hydrogens is 268 g/mol. The van der Waals surface area contributed by atoms with Gasteiger partial charge in [-0.3, -0.25) is 4.79 Å². The second-order valence-corrected chi connectivity index (χ2v) is 5.63. The highest BCUT2D eigenvalue weighted by Crippen LogP contribution is 2.31. The minimum absolute atomic E-state index is 0.155.